The Morgan fingerprint density at radius 1 is 1.42 bits per heavy atom. The molecule has 0 saturated carbocycles. The van der Waals surface area contributed by atoms with Crippen molar-refractivity contribution in [1.29, 1.82) is 0 Å². The van der Waals surface area contributed by atoms with Crippen LogP contribution >= 0.6 is 0 Å². The molecule has 0 fully saturated rings. The minimum Gasteiger partial charge on any atom is -0.465 e. The Bertz CT molecular complexity index is 689. The molecule has 1 amide bonds. The molecule has 2 aromatic heterocycles. The molecule has 6 heteroatoms. The molecule has 6 nitrogen and oxygen atoms in total. The van der Waals surface area contributed by atoms with Gasteiger partial charge in [-0.05, 0) is 31.5 Å². The zero-order chi connectivity index (χ0) is 17.1. The first-order valence-corrected chi connectivity index (χ1v) is 8.60. The Morgan fingerprint density at radius 2 is 2.25 bits per heavy atom. The van der Waals surface area contributed by atoms with Crippen LogP contribution in [0.4, 0.5) is 0 Å². The number of rotatable bonds is 6. The first kappa shape index (κ1) is 16.8. The van der Waals surface area contributed by atoms with Gasteiger partial charge in [0.05, 0.1) is 18.3 Å². The summed E-state index contributed by atoms with van der Waals surface area (Å²) in [6.07, 6.45) is 2.73. The lowest BCUT2D eigenvalue weighted by molar-refractivity contribution is -0.124. The van der Waals surface area contributed by atoms with Crippen LogP contribution in [0, 0.1) is 12.8 Å². The van der Waals surface area contributed by atoms with E-state index in [0.29, 0.717) is 6.54 Å². The van der Waals surface area contributed by atoms with Crippen LogP contribution in [0.5, 0.6) is 0 Å². The van der Waals surface area contributed by atoms with Gasteiger partial charge < -0.3 is 9.73 Å². The van der Waals surface area contributed by atoms with Crippen LogP contribution in [0.25, 0.3) is 0 Å². The molecule has 0 bridgehead atoms. The summed E-state index contributed by atoms with van der Waals surface area (Å²) >= 11 is 0. The smallest absolute Gasteiger partial charge is 0.222 e. The van der Waals surface area contributed by atoms with E-state index in [-0.39, 0.29) is 17.9 Å². The molecule has 1 N–H and O–H groups in total. The molecule has 3 rings (SSSR count). The number of hydrogen-bond acceptors (Lipinski definition) is 4. The van der Waals surface area contributed by atoms with Gasteiger partial charge in [0, 0.05) is 31.7 Å². The third kappa shape index (κ3) is 3.87. The second-order valence-electron chi connectivity index (χ2n) is 6.84. The van der Waals surface area contributed by atoms with Crippen LogP contribution in [-0.2, 0) is 17.9 Å². The van der Waals surface area contributed by atoms with Crippen LogP contribution < -0.4 is 5.32 Å². The van der Waals surface area contributed by atoms with E-state index in [4.69, 9.17) is 4.42 Å². The number of nitrogens with one attached hydrogen (secondary N) is 1. The second kappa shape index (κ2) is 7.21. The van der Waals surface area contributed by atoms with Crippen molar-refractivity contribution in [2.24, 2.45) is 5.92 Å². The number of carbonyl (C=O) groups is 1. The molecule has 0 aromatic carbocycles. The largest absolute Gasteiger partial charge is 0.465 e. The Hall–Kier alpha value is -2.08. The Kier molecular flexibility index (Phi) is 5.04. The van der Waals surface area contributed by atoms with Gasteiger partial charge in [0.2, 0.25) is 5.91 Å². The lowest BCUT2D eigenvalue weighted by Gasteiger charge is -2.33. The van der Waals surface area contributed by atoms with E-state index < -0.39 is 0 Å². The third-order valence-corrected chi connectivity index (χ3v) is 4.43. The highest BCUT2D eigenvalue weighted by atomic mass is 16.3. The summed E-state index contributed by atoms with van der Waals surface area (Å²) in [5, 5.41) is 7.47. The number of furan rings is 1. The fourth-order valence-electron chi connectivity index (χ4n) is 3.16. The van der Waals surface area contributed by atoms with E-state index in [1.165, 1.54) is 5.69 Å². The van der Waals surface area contributed by atoms with E-state index in [9.17, 15) is 4.79 Å². The number of aryl methyl sites for hydroxylation is 1. The van der Waals surface area contributed by atoms with Gasteiger partial charge in [0.25, 0.3) is 0 Å². The quantitative estimate of drug-likeness (QED) is 0.884. The summed E-state index contributed by atoms with van der Waals surface area (Å²) in [6.45, 7) is 9.04. The van der Waals surface area contributed by atoms with Gasteiger partial charge in [0.1, 0.15) is 11.5 Å². The number of hydrogen-bond donors (Lipinski definition) is 1. The normalized spacial score (nSPS) is 17.9. The predicted molar refractivity (Wildman–Crippen MR) is 91.3 cm³/mol. The van der Waals surface area contributed by atoms with Gasteiger partial charge in [-0.3, -0.25) is 14.4 Å². The maximum absolute atomic E-state index is 11.7. The highest BCUT2D eigenvalue weighted by Gasteiger charge is 2.26. The fourth-order valence-corrected chi connectivity index (χ4v) is 3.16. The number of carbonyl (C=O) groups excluding carboxylic acids is 1. The molecular formula is C18H26N4O2. The summed E-state index contributed by atoms with van der Waals surface area (Å²) in [5.41, 5.74) is 1.21. The SMILES string of the molecule is Cc1ccc(CN2Cc3ccnn3C(CCNC(=O)C(C)C)C2)o1. The number of nitrogens with zero attached hydrogens (tertiary/aromatic N) is 3. The summed E-state index contributed by atoms with van der Waals surface area (Å²) < 4.78 is 7.81. The van der Waals surface area contributed by atoms with Gasteiger partial charge in [-0.2, -0.15) is 5.10 Å². The predicted octanol–water partition coefficient (Wildman–Crippen LogP) is 2.50. The molecule has 1 aliphatic heterocycles. The minimum absolute atomic E-state index is 0.0234. The average molecular weight is 330 g/mol. The van der Waals surface area contributed by atoms with E-state index in [2.05, 4.69) is 26.1 Å². The number of aromatic nitrogens is 2. The summed E-state index contributed by atoms with van der Waals surface area (Å²) in [5.74, 6) is 2.07. The van der Waals surface area contributed by atoms with E-state index in [1.807, 2.05) is 39.1 Å². The zero-order valence-corrected chi connectivity index (χ0v) is 14.7. The van der Waals surface area contributed by atoms with Crippen LogP contribution in [0.2, 0.25) is 0 Å². The van der Waals surface area contributed by atoms with Crippen molar-refractivity contribution >= 4 is 5.91 Å². The summed E-state index contributed by atoms with van der Waals surface area (Å²) in [6, 6.07) is 6.38. The highest BCUT2D eigenvalue weighted by Crippen LogP contribution is 2.24. The number of amides is 1. The van der Waals surface area contributed by atoms with Crippen molar-refractivity contribution in [1.82, 2.24) is 20.0 Å². The molecule has 0 radical (unpaired) electrons. The monoisotopic (exact) mass is 330 g/mol. The molecule has 0 spiro atoms. The fraction of sp³-hybridized carbons (Fsp3) is 0.556. The molecule has 0 aliphatic carbocycles. The lowest BCUT2D eigenvalue weighted by atomic mass is 10.1. The van der Waals surface area contributed by atoms with Crippen molar-refractivity contribution in [2.45, 2.75) is 46.3 Å². The maximum atomic E-state index is 11.7. The van der Waals surface area contributed by atoms with Gasteiger partial charge in [0.15, 0.2) is 0 Å². The minimum atomic E-state index is 0.0234. The Labute approximate surface area is 142 Å². The summed E-state index contributed by atoms with van der Waals surface area (Å²) in [7, 11) is 0. The molecule has 1 unspecified atom stereocenters. The summed E-state index contributed by atoms with van der Waals surface area (Å²) in [4.78, 5) is 14.1. The molecule has 130 valence electrons. The Morgan fingerprint density at radius 3 is 2.96 bits per heavy atom. The van der Waals surface area contributed by atoms with Crippen molar-refractivity contribution < 1.29 is 9.21 Å². The van der Waals surface area contributed by atoms with Crippen LogP contribution in [-0.4, -0.2) is 33.7 Å². The molecule has 24 heavy (non-hydrogen) atoms. The van der Waals surface area contributed by atoms with E-state index in [1.54, 1.807) is 0 Å². The highest BCUT2D eigenvalue weighted by molar-refractivity contribution is 5.77. The first-order chi connectivity index (χ1) is 11.5. The van der Waals surface area contributed by atoms with Gasteiger partial charge in [-0.15, -0.1) is 0 Å². The van der Waals surface area contributed by atoms with Crippen molar-refractivity contribution in [3.8, 4) is 0 Å². The molecular weight excluding hydrogens is 304 g/mol. The number of fused-ring (bicyclic) bond motifs is 1. The van der Waals surface area contributed by atoms with Gasteiger partial charge in [-0.1, -0.05) is 13.8 Å². The average Bonchev–Trinajstić information content (AvgIpc) is 3.16. The van der Waals surface area contributed by atoms with E-state index >= 15 is 0 Å². The lowest BCUT2D eigenvalue weighted by Crippen LogP contribution is -2.39. The van der Waals surface area contributed by atoms with Crippen molar-refractivity contribution in [2.75, 3.05) is 13.1 Å². The Balaban J connectivity index is 1.62. The third-order valence-electron chi connectivity index (χ3n) is 4.43. The zero-order valence-electron chi connectivity index (χ0n) is 14.7. The standard InChI is InChI=1S/C18H26N4O2/c1-13(2)18(23)19-8-6-15-10-21(11-16-7-9-20-22(15)16)12-17-5-4-14(3)24-17/h4-5,7,9,13,15H,6,8,10-12H2,1-3H3,(H,19,23). The van der Waals surface area contributed by atoms with Crippen LogP contribution in [0.15, 0.2) is 28.8 Å². The van der Waals surface area contributed by atoms with Crippen molar-refractivity contribution in [3.05, 3.63) is 41.6 Å². The topological polar surface area (TPSA) is 63.3 Å². The molecule has 1 aliphatic rings. The van der Waals surface area contributed by atoms with Crippen LogP contribution in [0.3, 0.4) is 0 Å². The first-order valence-electron chi connectivity index (χ1n) is 8.60. The molecule has 3 heterocycles. The molecule has 0 saturated heterocycles. The second-order valence-corrected chi connectivity index (χ2v) is 6.84. The van der Waals surface area contributed by atoms with Gasteiger partial charge >= 0.3 is 0 Å². The van der Waals surface area contributed by atoms with Gasteiger partial charge in [-0.25, -0.2) is 0 Å². The van der Waals surface area contributed by atoms with Crippen LogP contribution in [0.1, 0.15) is 43.5 Å². The molecule has 1 atom stereocenters. The maximum Gasteiger partial charge on any atom is 0.222 e. The van der Waals surface area contributed by atoms with E-state index in [0.717, 1.165) is 37.6 Å². The molecule has 2 aromatic rings. The van der Waals surface area contributed by atoms with Crippen molar-refractivity contribution in [3.63, 3.8) is 0 Å².